The van der Waals surface area contributed by atoms with E-state index in [2.05, 4.69) is 41.9 Å². The standard InChI is InChI=1S/C16H17BrN2O/c1-10(2)11-3-5-12(6-4-11)20-13-7-8-14(16(18)19)15(17)9-13/h3-10H,1-2H3,(H3,18,19). The molecule has 4 heteroatoms. The van der Waals surface area contributed by atoms with Crippen LogP contribution in [0, 0.1) is 5.41 Å². The molecule has 0 unspecified atom stereocenters. The molecule has 0 spiro atoms. The molecule has 0 aromatic heterocycles. The fourth-order valence-electron chi connectivity index (χ4n) is 1.83. The average Bonchev–Trinajstić information content (AvgIpc) is 2.39. The Labute approximate surface area is 127 Å². The fraction of sp³-hybridized carbons (Fsp3) is 0.188. The van der Waals surface area contributed by atoms with Gasteiger partial charge in [-0.25, -0.2) is 0 Å². The summed E-state index contributed by atoms with van der Waals surface area (Å²) in [5.74, 6) is 2.04. The smallest absolute Gasteiger partial charge is 0.128 e. The molecule has 0 radical (unpaired) electrons. The number of ether oxygens (including phenoxy) is 1. The van der Waals surface area contributed by atoms with Crippen LogP contribution in [0.3, 0.4) is 0 Å². The molecule has 20 heavy (non-hydrogen) atoms. The SMILES string of the molecule is CC(C)c1ccc(Oc2ccc(C(=N)N)c(Br)c2)cc1. The normalized spacial score (nSPS) is 10.6. The van der Waals surface area contributed by atoms with Crippen LogP contribution in [0.5, 0.6) is 11.5 Å². The third-order valence-electron chi connectivity index (χ3n) is 3.01. The second-order valence-corrected chi connectivity index (χ2v) is 5.74. The van der Waals surface area contributed by atoms with E-state index in [-0.39, 0.29) is 5.84 Å². The second-order valence-electron chi connectivity index (χ2n) is 4.88. The molecule has 3 N–H and O–H groups in total. The molecule has 0 bridgehead atoms. The number of halogens is 1. The molecule has 0 heterocycles. The maximum Gasteiger partial charge on any atom is 0.128 e. The number of hydrogen-bond acceptors (Lipinski definition) is 2. The van der Waals surface area contributed by atoms with Crippen LogP contribution in [0.2, 0.25) is 0 Å². The minimum Gasteiger partial charge on any atom is -0.457 e. The van der Waals surface area contributed by atoms with Crippen molar-refractivity contribution < 1.29 is 4.74 Å². The summed E-state index contributed by atoms with van der Waals surface area (Å²) < 4.78 is 6.54. The van der Waals surface area contributed by atoms with Crippen molar-refractivity contribution in [2.75, 3.05) is 0 Å². The molecule has 0 aliphatic carbocycles. The third-order valence-corrected chi connectivity index (χ3v) is 3.67. The van der Waals surface area contributed by atoms with E-state index < -0.39 is 0 Å². The highest BCUT2D eigenvalue weighted by Gasteiger charge is 2.06. The van der Waals surface area contributed by atoms with Crippen LogP contribution in [-0.4, -0.2) is 5.84 Å². The first-order chi connectivity index (χ1) is 9.47. The van der Waals surface area contributed by atoms with Gasteiger partial charge in [0.25, 0.3) is 0 Å². The molecule has 0 aliphatic heterocycles. The van der Waals surface area contributed by atoms with Crippen molar-refractivity contribution in [2.45, 2.75) is 19.8 Å². The third kappa shape index (κ3) is 3.39. The molecule has 2 aromatic rings. The summed E-state index contributed by atoms with van der Waals surface area (Å²) in [6, 6.07) is 13.4. The van der Waals surface area contributed by atoms with Crippen molar-refractivity contribution in [1.29, 1.82) is 5.41 Å². The van der Waals surface area contributed by atoms with Gasteiger partial charge in [-0.1, -0.05) is 26.0 Å². The van der Waals surface area contributed by atoms with Gasteiger partial charge in [-0.05, 0) is 57.7 Å². The van der Waals surface area contributed by atoms with E-state index in [0.717, 1.165) is 10.2 Å². The zero-order valence-electron chi connectivity index (χ0n) is 11.5. The molecule has 104 valence electrons. The van der Waals surface area contributed by atoms with Crippen molar-refractivity contribution in [3.63, 3.8) is 0 Å². The highest BCUT2D eigenvalue weighted by Crippen LogP contribution is 2.28. The van der Waals surface area contributed by atoms with Crippen molar-refractivity contribution in [3.05, 3.63) is 58.1 Å². The Kier molecular flexibility index (Phi) is 4.45. The maximum absolute atomic E-state index is 7.44. The number of hydrogen-bond donors (Lipinski definition) is 2. The van der Waals surface area contributed by atoms with Gasteiger partial charge in [0, 0.05) is 10.0 Å². The summed E-state index contributed by atoms with van der Waals surface area (Å²) in [5.41, 5.74) is 7.42. The monoisotopic (exact) mass is 332 g/mol. The van der Waals surface area contributed by atoms with Gasteiger partial charge in [-0.3, -0.25) is 5.41 Å². The zero-order valence-corrected chi connectivity index (χ0v) is 13.1. The highest BCUT2D eigenvalue weighted by atomic mass is 79.9. The van der Waals surface area contributed by atoms with E-state index >= 15 is 0 Å². The Bertz CT molecular complexity index is 621. The van der Waals surface area contributed by atoms with E-state index in [0.29, 0.717) is 17.2 Å². The quantitative estimate of drug-likeness (QED) is 0.632. The molecule has 0 amide bonds. The lowest BCUT2D eigenvalue weighted by Crippen LogP contribution is -2.11. The molecule has 0 atom stereocenters. The summed E-state index contributed by atoms with van der Waals surface area (Å²) in [7, 11) is 0. The van der Waals surface area contributed by atoms with Gasteiger partial charge in [-0.15, -0.1) is 0 Å². The average molecular weight is 333 g/mol. The largest absolute Gasteiger partial charge is 0.457 e. The molecule has 0 saturated carbocycles. The van der Waals surface area contributed by atoms with E-state index in [4.69, 9.17) is 15.9 Å². The van der Waals surface area contributed by atoms with E-state index in [9.17, 15) is 0 Å². The molecule has 3 nitrogen and oxygen atoms in total. The number of amidine groups is 1. The number of nitrogens with one attached hydrogen (secondary N) is 1. The van der Waals surface area contributed by atoms with Crippen LogP contribution in [0.25, 0.3) is 0 Å². The predicted molar refractivity (Wildman–Crippen MR) is 85.8 cm³/mol. The Hall–Kier alpha value is -1.81. The molecule has 0 saturated heterocycles. The number of benzene rings is 2. The Balaban J connectivity index is 2.17. The van der Waals surface area contributed by atoms with Crippen molar-refractivity contribution in [3.8, 4) is 11.5 Å². The lowest BCUT2D eigenvalue weighted by atomic mass is 10.0. The summed E-state index contributed by atoms with van der Waals surface area (Å²) in [6.45, 7) is 4.32. The van der Waals surface area contributed by atoms with Crippen molar-refractivity contribution in [1.82, 2.24) is 0 Å². The minimum absolute atomic E-state index is 0.0321. The highest BCUT2D eigenvalue weighted by molar-refractivity contribution is 9.10. The number of nitrogen functional groups attached to an aromatic ring is 1. The van der Waals surface area contributed by atoms with Gasteiger partial charge in [-0.2, -0.15) is 0 Å². The van der Waals surface area contributed by atoms with E-state index in [1.807, 2.05) is 18.2 Å². The maximum atomic E-state index is 7.44. The molecular weight excluding hydrogens is 316 g/mol. The van der Waals surface area contributed by atoms with Crippen molar-refractivity contribution in [2.24, 2.45) is 5.73 Å². The lowest BCUT2D eigenvalue weighted by molar-refractivity contribution is 0.482. The van der Waals surface area contributed by atoms with Gasteiger partial charge in [0.2, 0.25) is 0 Å². The van der Waals surface area contributed by atoms with Gasteiger partial charge >= 0.3 is 0 Å². The molecule has 0 aliphatic rings. The van der Waals surface area contributed by atoms with Crippen LogP contribution in [0.4, 0.5) is 0 Å². The van der Waals surface area contributed by atoms with Crippen LogP contribution in [0.1, 0.15) is 30.9 Å². The molecule has 0 fully saturated rings. The van der Waals surface area contributed by atoms with Gasteiger partial charge in [0.05, 0.1) is 0 Å². The van der Waals surface area contributed by atoms with E-state index in [1.165, 1.54) is 5.56 Å². The predicted octanol–water partition coefficient (Wildman–Crippen LogP) is 4.65. The first-order valence-corrected chi connectivity index (χ1v) is 7.18. The second kappa shape index (κ2) is 6.09. The van der Waals surface area contributed by atoms with Crippen LogP contribution < -0.4 is 10.5 Å². The van der Waals surface area contributed by atoms with Crippen molar-refractivity contribution >= 4 is 21.8 Å². The Morgan fingerprint density at radius 3 is 2.20 bits per heavy atom. The Morgan fingerprint density at radius 1 is 1.10 bits per heavy atom. The first kappa shape index (κ1) is 14.6. The summed E-state index contributed by atoms with van der Waals surface area (Å²) in [6.07, 6.45) is 0. The number of nitrogens with two attached hydrogens (primary N) is 1. The molecular formula is C16H17BrN2O. The number of rotatable bonds is 4. The summed E-state index contributed by atoms with van der Waals surface area (Å²) in [5, 5.41) is 7.44. The Morgan fingerprint density at radius 2 is 1.70 bits per heavy atom. The molecule has 2 rings (SSSR count). The zero-order chi connectivity index (χ0) is 14.7. The molecule has 2 aromatic carbocycles. The van der Waals surface area contributed by atoms with Gasteiger partial charge < -0.3 is 10.5 Å². The van der Waals surface area contributed by atoms with Gasteiger partial charge in [0.15, 0.2) is 0 Å². The first-order valence-electron chi connectivity index (χ1n) is 6.39. The van der Waals surface area contributed by atoms with Crippen LogP contribution >= 0.6 is 15.9 Å². The van der Waals surface area contributed by atoms with E-state index in [1.54, 1.807) is 12.1 Å². The van der Waals surface area contributed by atoms with Gasteiger partial charge in [0.1, 0.15) is 17.3 Å². The fourth-order valence-corrected chi connectivity index (χ4v) is 2.41. The minimum atomic E-state index is 0.0321. The summed E-state index contributed by atoms with van der Waals surface area (Å²) in [4.78, 5) is 0. The summed E-state index contributed by atoms with van der Waals surface area (Å²) >= 11 is 3.39. The lowest BCUT2D eigenvalue weighted by Gasteiger charge is -2.10. The van der Waals surface area contributed by atoms with Crippen LogP contribution in [-0.2, 0) is 0 Å². The van der Waals surface area contributed by atoms with Crippen LogP contribution in [0.15, 0.2) is 46.9 Å². The topological polar surface area (TPSA) is 59.1 Å².